The molecule has 7 heteroatoms. The predicted octanol–water partition coefficient (Wildman–Crippen LogP) is 13.7. The minimum absolute atomic E-state index is 0.488. The van der Waals surface area contributed by atoms with Gasteiger partial charge >= 0.3 is 0 Å². The molecule has 0 fully saturated rings. The molecule has 270 valence electrons. The number of hydrogen-bond acceptors (Lipinski definition) is 6. The molecule has 13 rings (SSSR count). The number of benzene rings is 8. The quantitative estimate of drug-likeness (QED) is 0.178. The van der Waals surface area contributed by atoms with Crippen LogP contribution in [0, 0.1) is 0 Å². The molecule has 0 radical (unpaired) electrons. The number of hydrogen-bond donors (Lipinski definition) is 0. The number of aromatic nitrogens is 4. The van der Waals surface area contributed by atoms with Crippen molar-refractivity contribution in [3.8, 4) is 39.9 Å². The summed E-state index contributed by atoms with van der Waals surface area (Å²) in [6, 6.07) is 57.9. The van der Waals surface area contributed by atoms with Crippen molar-refractivity contribution in [1.29, 1.82) is 0 Å². The molecule has 0 saturated carbocycles. The second kappa shape index (κ2) is 11.7. The Morgan fingerprint density at radius 2 is 0.966 bits per heavy atom. The highest BCUT2D eigenvalue weighted by Crippen LogP contribution is 2.42. The Morgan fingerprint density at radius 1 is 0.345 bits per heavy atom. The van der Waals surface area contributed by atoms with Gasteiger partial charge in [0, 0.05) is 48.8 Å². The summed E-state index contributed by atoms with van der Waals surface area (Å²) >= 11 is 0. The summed E-state index contributed by atoms with van der Waals surface area (Å²) in [5.41, 5.74) is 10.7. The van der Waals surface area contributed by atoms with Crippen molar-refractivity contribution in [2.45, 2.75) is 0 Å². The van der Waals surface area contributed by atoms with Gasteiger partial charge in [-0.2, -0.15) is 9.97 Å². The number of furan rings is 3. The Morgan fingerprint density at radius 3 is 1.81 bits per heavy atom. The second-order valence-corrected chi connectivity index (χ2v) is 14.7. The first-order chi connectivity index (χ1) is 28.7. The lowest BCUT2D eigenvalue weighted by atomic mass is 9.99. The summed E-state index contributed by atoms with van der Waals surface area (Å²) in [4.78, 5) is 15.9. The van der Waals surface area contributed by atoms with Crippen LogP contribution < -0.4 is 0 Å². The van der Waals surface area contributed by atoms with Crippen LogP contribution >= 0.6 is 0 Å². The van der Waals surface area contributed by atoms with Crippen LogP contribution in [-0.4, -0.2) is 19.5 Å². The van der Waals surface area contributed by atoms with Crippen molar-refractivity contribution >= 4 is 87.6 Å². The van der Waals surface area contributed by atoms with E-state index in [-0.39, 0.29) is 0 Å². The lowest BCUT2D eigenvalue weighted by Gasteiger charge is -2.11. The van der Waals surface area contributed by atoms with Gasteiger partial charge in [0.05, 0.1) is 16.4 Å². The van der Waals surface area contributed by atoms with Crippen molar-refractivity contribution in [2.24, 2.45) is 0 Å². The maximum absolute atomic E-state index is 6.60. The minimum Gasteiger partial charge on any atom is -0.456 e. The first-order valence-corrected chi connectivity index (χ1v) is 19.3. The molecule has 0 atom stereocenters. The molecule has 13 aromatic rings. The SMILES string of the molecule is c1ccc(-c2cccc3oc4cc(-c5nc(-c6cccc7oc8ccccc8c67)nc(-n6c7ccccc7c7c8oc9ccccc9c8ccc76)n5)ccc4c23)cc1. The van der Waals surface area contributed by atoms with E-state index in [2.05, 4.69) is 95.6 Å². The van der Waals surface area contributed by atoms with E-state index in [0.29, 0.717) is 17.6 Å². The van der Waals surface area contributed by atoms with Gasteiger partial charge in [0.15, 0.2) is 11.6 Å². The van der Waals surface area contributed by atoms with Crippen LogP contribution in [0.5, 0.6) is 0 Å². The van der Waals surface area contributed by atoms with Crippen LogP contribution in [0.3, 0.4) is 0 Å². The molecule has 0 aliphatic heterocycles. The smallest absolute Gasteiger partial charge is 0.238 e. The van der Waals surface area contributed by atoms with Crippen LogP contribution in [0.15, 0.2) is 183 Å². The summed E-state index contributed by atoms with van der Waals surface area (Å²) < 4.78 is 21.6. The van der Waals surface area contributed by atoms with E-state index in [1.54, 1.807) is 0 Å². The highest BCUT2D eigenvalue weighted by atomic mass is 16.3. The highest BCUT2D eigenvalue weighted by Gasteiger charge is 2.23. The number of fused-ring (bicyclic) bond motifs is 13. The maximum atomic E-state index is 6.60. The van der Waals surface area contributed by atoms with E-state index in [0.717, 1.165) is 110 Å². The molecule has 0 unspecified atom stereocenters. The van der Waals surface area contributed by atoms with Crippen molar-refractivity contribution < 1.29 is 13.3 Å². The van der Waals surface area contributed by atoms with E-state index in [1.807, 2.05) is 78.9 Å². The minimum atomic E-state index is 0.488. The van der Waals surface area contributed by atoms with E-state index in [9.17, 15) is 0 Å². The fraction of sp³-hybridized carbons (Fsp3) is 0. The third kappa shape index (κ3) is 4.41. The molecule has 7 nitrogen and oxygen atoms in total. The van der Waals surface area contributed by atoms with Crippen LogP contribution in [0.25, 0.3) is 127 Å². The fourth-order valence-corrected chi connectivity index (χ4v) is 8.95. The zero-order valence-corrected chi connectivity index (χ0v) is 30.7. The summed E-state index contributed by atoms with van der Waals surface area (Å²) in [5, 5.41) is 8.26. The predicted molar refractivity (Wildman–Crippen MR) is 232 cm³/mol. The molecule has 0 spiro atoms. The maximum Gasteiger partial charge on any atom is 0.238 e. The van der Waals surface area contributed by atoms with E-state index < -0.39 is 0 Å². The standard InChI is InChI=1S/C51H28N4O3/c1-2-12-29(13-3-1)31-17-10-22-42-45(31)36-25-24-30(28-44(36)57-42)49-52-50(37-18-11-23-43-46(37)35-16-6-9-21-41(35)56-43)54-51(53-49)55-38-19-7-4-15-34(38)47-39(55)27-26-33-32-14-5-8-20-40(32)58-48(33)47/h1-28H. The van der Waals surface area contributed by atoms with Gasteiger partial charge in [0.1, 0.15) is 33.5 Å². The average molecular weight is 745 g/mol. The van der Waals surface area contributed by atoms with Gasteiger partial charge in [-0.1, -0.05) is 115 Å². The highest BCUT2D eigenvalue weighted by molar-refractivity contribution is 6.24. The van der Waals surface area contributed by atoms with Gasteiger partial charge in [-0.25, -0.2) is 4.98 Å². The van der Waals surface area contributed by atoms with E-state index >= 15 is 0 Å². The number of nitrogens with zero attached hydrogens (tertiary/aromatic N) is 4. The van der Waals surface area contributed by atoms with Crippen molar-refractivity contribution in [1.82, 2.24) is 19.5 Å². The van der Waals surface area contributed by atoms with Crippen LogP contribution in [0.2, 0.25) is 0 Å². The first-order valence-electron chi connectivity index (χ1n) is 19.3. The molecule has 5 aromatic heterocycles. The molecule has 0 aliphatic rings. The Kier molecular flexibility index (Phi) is 6.32. The van der Waals surface area contributed by atoms with Gasteiger partial charge < -0.3 is 13.3 Å². The van der Waals surface area contributed by atoms with Gasteiger partial charge in [-0.3, -0.25) is 4.57 Å². The third-order valence-corrected chi connectivity index (χ3v) is 11.5. The van der Waals surface area contributed by atoms with Gasteiger partial charge in [-0.15, -0.1) is 0 Å². The fourth-order valence-electron chi connectivity index (χ4n) is 8.95. The normalized spacial score (nSPS) is 12.1. The second-order valence-electron chi connectivity index (χ2n) is 14.7. The largest absolute Gasteiger partial charge is 0.456 e. The number of para-hydroxylation sites is 3. The van der Waals surface area contributed by atoms with E-state index in [1.165, 1.54) is 0 Å². The Bertz CT molecular complexity index is 3810. The van der Waals surface area contributed by atoms with Crippen LogP contribution in [0.4, 0.5) is 0 Å². The molecule has 0 amide bonds. The summed E-state index contributed by atoms with van der Waals surface area (Å²) in [5.74, 6) is 1.54. The zero-order valence-electron chi connectivity index (χ0n) is 30.7. The Balaban J connectivity index is 1.10. The van der Waals surface area contributed by atoms with Crippen molar-refractivity contribution in [2.75, 3.05) is 0 Å². The van der Waals surface area contributed by atoms with Gasteiger partial charge in [0.25, 0.3) is 0 Å². The molecule has 58 heavy (non-hydrogen) atoms. The monoisotopic (exact) mass is 744 g/mol. The molecule has 0 bridgehead atoms. The van der Waals surface area contributed by atoms with E-state index in [4.69, 9.17) is 28.2 Å². The molecule has 0 saturated heterocycles. The molecule has 0 N–H and O–H groups in total. The molecular formula is C51H28N4O3. The zero-order chi connectivity index (χ0) is 37.9. The van der Waals surface area contributed by atoms with Crippen LogP contribution in [0.1, 0.15) is 0 Å². The summed E-state index contributed by atoms with van der Waals surface area (Å²) in [6.07, 6.45) is 0. The van der Waals surface area contributed by atoms with Gasteiger partial charge in [-0.05, 0) is 65.7 Å². The molecular weight excluding hydrogens is 717 g/mol. The first kappa shape index (κ1) is 31.2. The average Bonchev–Trinajstić information content (AvgIpc) is 4.05. The third-order valence-electron chi connectivity index (χ3n) is 11.5. The van der Waals surface area contributed by atoms with Crippen LogP contribution in [-0.2, 0) is 0 Å². The lowest BCUT2D eigenvalue weighted by molar-refractivity contribution is 0.668. The summed E-state index contributed by atoms with van der Waals surface area (Å²) in [7, 11) is 0. The number of rotatable bonds is 4. The summed E-state index contributed by atoms with van der Waals surface area (Å²) in [6.45, 7) is 0. The van der Waals surface area contributed by atoms with Gasteiger partial charge in [0.2, 0.25) is 5.95 Å². The lowest BCUT2D eigenvalue weighted by Crippen LogP contribution is -2.06. The Labute approximate surface area is 329 Å². The molecule has 8 aromatic carbocycles. The molecule has 0 aliphatic carbocycles. The molecule has 5 heterocycles. The van der Waals surface area contributed by atoms with Crippen molar-refractivity contribution in [3.63, 3.8) is 0 Å². The van der Waals surface area contributed by atoms with Crippen molar-refractivity contribution in [3.05, 3.63) is 170 Å². The topological polar surface area (TPSA) is 83.0 Å². The Hall–Kier alpha value is -8.03.